The number of rotatable bonds is 1. The summed E-state index contributed by atoms with van der Waals surface area (Å²) in [6, 6.07) is 0. The predicted octanol–water partition coefficient (Wildman–Crippen LogP) is 0.352. The lowest BCUT2D eigenvalue weighted by Gasteiger charge is -1.78. The molecular weight excluding hydrogens is 177 g/mol. The van der Waals surface area contributed by atoms with Crippen molar-refractivity contribution in [1.82, 2.24) is 10.2 Å². The number of nitrogens with zero attached hydrogens (tertiary/aromatic N) is 1. The SMILES string of the molecule is Cl.Cl.NC(=O)c1cn[nH]c1. The van der Waals surface area contributed by atoms with Crippen molar-refractivity contribution in [3.05, 3.63) is 18.0 Å². The Labute approximate surface area is 70.0 Å². The van der Waals surface area contributed by atoms with E-state index in [2.05, 4.69) is 10.2 Å². The van der Waals surface area contributed by atoms with Crippen LogP contribution < -0.4 is 5.73 Å². The van der Waals surface area contributed by atoms with Gasteiger partial charge in [0.15, 0.2) is 0 Å². The maximum absolute atomic E-state index is 10.2. The fourth-order valence-electron chi connectivity index (χ4n) is 0.386. The molecule has 3 N–H and O–H groups in total. The molecule has 0 saturated heterocycles. The first-order valence-electron chi connectivity index (χ1n) is 2.09. The summed E-state index contributed by atoms with van der Waals surface area (Å²) in [5.41, 5.74) is 5.27. The standard InChI is InChI=1S/C4H5N3O.2ClH/c5-4(8)3-1-6-7-2-3;;/h1-2H,(H2,5,8)(H,6,7);2*1H. The second-order valence-corrected chi connectivity index (χ2v) is 1.35. The van der Waals surface area contributed by atoms with Gasteiger partial charge in [-0.3, -0.25) is 9.89 Å². The highest BCUT2D eigenvalue weighted by Gasteiger charge is 1.96. The highest BCUT2D eigenvalue weighted by molar-refractivity contribution is 5.92. The van der Waals surface area contributed by atoms with Crippen LogP contribution in [-0.2, 0) is 0 Å². The molecule has 1 aromatic heterocycles. The zero-order chi connectivity index (χ0) is 5.98. The average molecular weight is 184 g/mol. The van der Waals surface area contributed by atoms with E-state index in [1.165, 1.54) is 12.4 Å². The second-order valence-electron chi connectivity index (χ2n) is 1.35. The summed E-state index contributed by atoms with van der Waals surface area (Å²) in [4.78, 5) is 10.2. The Morgan fingerprint density at radius 1 is 1.60 bits per heavy atom. The van der Waals surface area contributed by atoms with Gasteiger partial charge in [0, 0.05) is 6.20 Å². The Morgan fingerprint density at radius 3 is 2.40 bits per heavy atom. The summed E-state index contributed by atoms with van der Waals surface area (Å²) in [5, 5.41) is 5.98. The van der Waals surface area contributed by atoms with Gasteiger partial charge in [0.05, 0.1) is 11.8 Å². The van der Waals surface area contributed by atoms with Gasteiger partial charge in [-0.1, -0.05) is 0 Å². The van der Waals surface area contributed by atoms with E-state index in [1.54, 1.807) is 0 Å². The molecule has 1 amide bonds. The van der Waals surface area contributed by atoms with Gasteiger partial charge >= 0.3 is 0 Å². The molecule has 0 atom stereocenters. The van der Waals surface area contributed by atoms with E-state index in [4.69, 9.17) is 5.73 Å². The number of hydrogen-bond acceptors (Lipinski definition) is 2. The van der Waals surface area contributed by atoms with E-state index in [9.17, 15) is 4.79 Å². The van der Waals surface area contributed by atoms with Gasteiger partial charge in [0.1, 0.15) is 0 Å². The first-order valence-corrected chi connectivity index (χ1v) is 2.09. The molecule has 1 aromatic rings. The molecule has 0 aliphatic heterocycles. The summed E-state index contributed by atoms with van der Waals surface area (Å²) in [6.45, 7) is 0. The third kappa shape index (κ3) is 2.70. The zero-order valence-corrected chi connectivity index (χ0v) is 6.54. The number of hydrogen-bond donors (Lipinski definition) is 2. The third-order valence-electron chi connectivity index (χ3n) is 0.783. The van der Waals surface area contributed by atoms with Crippen LogP contribution in [-0.4, -0.2) is 16.1 Å². The minimum absolute atomic E-state index is 0. The summed E-state index contributed by atoms with van der Waals surface area (Å²) < 4.78 is 0. The number of aromatic nitrogens is 2. The Morgan fingerprint density at radius 2 is 2.20 bits per heavy atom. The second kappa shape index (κ2) is 5.08. The van der Waals surface area contributed by atoms with Crippen molar-refractivity contribution in [2.75, 3.05) is 0 Å². The smallest absolute Gasteiger partial charge is 0.251 e. The third-order valence-corrected chi connectivity index (χ3v) is 0.783. The van der Waals surface area contributed by atoms with Crippen LogP contribution in [0.15, 0.2) is 12.4 Å². The Kier molecular flexibility index (Phi) is 6.09. The van der Waals surface area contributed by atoms with Crippen LogP contribution in [0.4, 0.5) is 0 Å². The van der Waals surface area contributed by atoms with Gasteiger partial charge in [-0.25, -0.2) is 0 Å². The maximum Gasteiger partial charge on any atom is 0.251 e. The first kappa shape index (κ1) is 12.0. The minimum Gasteiger partial charge on any atom is -0.366 e. The molecule has 1 rings (SSSR count). The molecule has 0 saturated carbocycles. The lowest BCUT2D eigenvalue weighted by Crippen LogP contribution is -2.09. The largest absolute Gasteiger partial charge is 0.366 e. The molecular formula is C4H7Cl2N3O. The van der Waals surface area contributed by atoms with Crippen LogP contribution in [0.2, 0.25) is 0 Å². The van der Waals surface area contributed by atoms with Crippen LogP contribution >= 0.6 is 24.8 Å². The molecule has 6 heteroatoms. The lowest BCUT2D eigenvalue weighted by molar-refractivity contribution is 0.100. The number of carbonyl (C=O) groups is 1. The summed E-state index contributed by atoms with van der Waals surface area (Å²) in [5.74, 6) is -0.459. The van der Waals surface area contributed by atoms with Crippen LogP contribution in [0.3, 0.4) is 0 Å². The van der Waals surface area contributed by atoms with Crippen molar-refractivity contribution in [2.45, 2.75) is 0 Å². The highest BCUT2D eigenvalue weighted by atomic mass is 35.5. The van der Waals surface area contributed by atoms with Crippen LogP contribution in [0.5, 0.6) is 0 Å². The van der Waals surface area contributed by atoms with E-state index >= 15 is 0 Å². The van der Waals surface area contributed by atoms with Gasteiger partial charge in [-0.2, -0.15) is 5.10 Å². The number of halogens is 2. The Balaban J connectivity index is 0. The van der Waals surface area contributed by atoms with Gasteiger partial charge in [0.2, 0.25) is 0 Å². The fourth-order valence-corrected chi connectivity index (χ4v) is 0.386. The van der Waals surface area contributed by atoms with Gasteiger partial charge in [0.25, 0.3) is 5.91 Å². The fraction of sp³-hybridized carbons (Fsp3) is 0. The number of nitrogens with one attached hydrogen (secondary N) is 1. The highest BCUT2D eigenvalue weighted by Crippen LogP contribution is 1.88. The normalized spacial score (nSPS) is 7.20. The lowest BCUT2D eigenvalue weighted by atomic mass is 10.4. The van der Waals surface area contributed by atoms with Gasteiger partial charge < -0.3 is 5.73 Å². The van der Waals surface area contributed by atoms with Crippen molar-refractivity contribution in [3.63, 3.8) is 0 Å². The molecule has 0 unspecified atom stereocenters. The van der Waals surface area contributed by atoms with Crippen molar-refractivity contribution in [3.8, 4) is 0 Å². The number of aromatic amines is 1. The summed E-state index contributed by atoms with van der Waals surface area (Å²) in [7, 11) is 0. The molecule has 58 valence electrons. The van der Waals surface area contributed by atoms with Crippen LogP contribution in [0.25, 0.3) is 0 Å². The number of H-pyrrole nitrogens is 1. The van der Waals surface area contributed by atoms with E-state index in [1.807, 2.05) is 0 Å². The molecule has 0 fully saturated rings. The predicted molar refractivity (Wildman–Crippen MR) is 41.6 cm³/mol. The number of primary amides is 1. The van der Waals surface area contributed by atoms with Gasteiger partial charge in [-0.05, 0) is 0 Å². The van der Waals surface area contributed by atoms with E-state index < -0.39 is 5.91 Å². The van der Waals surface area contributed by atoms with Crippen molar-refractivity contribution >= 4 is 30.7 Å². The molecule has 0 bridgehead atoms. The average Bonchev–Trinajstić information content (AvgIpc) is 2.12. The van der Waals surface area contributed by atoms with Crippen LogP contribution in [0, 0.1) is 0 Å². The number of carbonyl (C=O) groups excluding carboxylic acids is 1. The van der Waals surface area contributed by atoms with E-state index in [0.717, 1.165) is 0 Å². The zero-order valence-electron chi connectivity index (χ0n) is 4.90. The van der Waals surface area contributed by atoms with E-state index in [0.29, 0.717) is 5.56 Å². The molecule has 4 nitrogen and oxygen atoms in total. The molecule has 0 radical (unpaired) electrons. The molecule has 1 heterocycles. The molecule has 0 aliphatic carbocycles. The van der Waals surface area contributed by atoms with E-state index in [-0.39, 0.29) is 24.8 Å². The van der Waals surface area contributed by atoms with Gasteiger partial charge in [-0.15, -0.1) is 24.8 Å². The van der Waals surface area contributed by atoms with Crippen molar-refractivity contribution in [1.29, 1.82) is 0 Å². The maximum atomic E-state index is 10.2. The van der Waals surface area contributed by atoms with Crippen molar-refractivity contribution in [2.24, 2.45) is 5.73 Å². The Bertz CT molecular complexity index is 186. The first-order chi connectivity index (χ1) is 3.80. The van der Waals surface area contributed by atoms with Crippen molar-refractivity contribution < 1.29 is 4.79 Å². The molecule has 10 heavy (non-hydrogen) atoms. The minimum atomic E-state index is -0.459. The van der Waals surface area contributed by atoms with Crippen LogP contribution in [0.1, 0.15) is 10.4 Å². The molecule has 0 aromatic carbocycles. The monoisotopic (exact) mass is 183 g/mol. The molecule has 0 spiro atoms. The Hall–Kier alpha value is -0.740. The topological polar surface area (TPSA) is 71.8 Å². The summed E-state index contributed by atoms with van der Waals surface area (Å²) >= 11 is 0. The number of amides is 1. The number of nitrogens with two attached hydrogens (primary N) is 1. The summed E-state index contributed by atoms with van der Waals surface area (Å²) in [6.07, 6.45) is 2.82. The quantitative estimate of drug-likeness (QED) is 0.660. The molecule has 0 aliphatic rings.